The number of aromatic nitrogens is 2. The van der Waals surface area contributed by atoms with Crippen LogP contribution in [0.15, 0.2) is 65.6 Å². The molecule has 0 saturated carbocycles. The van der Waals surface area contributed by atoms with Crippen LogP contribution >= 0.6 is 11.6 Å². The topological polar surface area (TPSA) is 67.2 Å². The predicted molar refractivity (Wildman–Crippen MR) is 110 cm³/mol. The van der Waals surface area contributed by atoms with Crippen molar-refractivity contribution in [3.05, 3.63) is 81.7 Å². The highest BCUT2D eigenvalue weighted by Crippen LogP contribution is 2.27. The molecule has 28 heavy (non-hydrogen) atoms. The Morgan fingerprint density at radius 1 is 1.11 bits per heavy atom. The van der Waals surface area contributed by atoms with E-state index in [0.717, 1.165) is 18.5 Å². The Balaban J connectivity index is 1.51. The monoisotopic (exact) mass is 394 g/mol. The van der Waals surface area contributed by atoms with Crippen LogP contribution < -0.4 is 15.8 Å². The summed E-state index contributed by atoms with van der Waals surface area (Å²) >= 11 is 6.24. The number of rotatable bonds is 4. The van der Waals surface area contributed by atoms with Crippen molar-refractivity contribution >= 4 is 28.9 Å². The number of nitrogens with one attached hydrogen (secondary N) is 1. The molecule has 0 atom stereocenters. The van der Waals surface area contributed by atoms with Crippen LogP contribution in [0, 0.1) is 0 Å². The van der Waals surface area contributed by atoms with Crippen molar-refractivity contribution in [2.45, 2.75) is 12.8 Å². The Hall–Kier alpha value is -3.12. The van der Waals surface area contributed by atoms with Gasteiger partial charge < -0.3 is 10.2 Å². The summed E-state index contributed by atoms with van der Waals surface area (Å²) in [6.07, 6.45) is 3.37. The van der Waals surface area contributed by atoms with Crippen LogP contribution in [0.1, 0.15) is 12.0 Å². The lowest BCUT2D eigenvalue weighted by molar-refractivity contribution is -0.117. The first-order valence-corrected chi connectivity index (χ1v) is 9.48. The van der Waals surface area contributed by atoms with Crippen molar-refractivity contribution in [1.29, 1.82) is 0 Å². The number of carbonyl (C=O) groups is 1. The first-order chi connectivity index (χ1) is 13.6. The van der Waals surface area contributed by atoms with Crippen LogP contribution in [0.3, 0.4) is 0 Å². The molecule has 0 unspecified atom stereocenters. The summed E-state index contributed by atoms with van der Waals surface area (Å²) in [7, 11) is 0. The van der Waals surface area contributed by atoms with Gasteiger partial charge in [0.2, 0.25) is 5.91 Å². The summed E-state index contributed by atoms with van der Waals surface area (Å²) in [5.74, 6) is -0.0737. The van der Waals surface area contributed by atoms with Gasteiger partial charge in [0, 0.05) is 12.2 Å². The number of amides is 1. The fourth-order valence-corrected chi connectivity index (χ4v) is 3.56. The first kappa shape index (κ1) is 18.3. The Morgan fingerprint density at radius 3 is 2.68 bits per heavy atom. The van der Waals surface area contributed by atoms with Crippen LogP contribution in [0.2, 0.25) is 5.02 Å². The van der Waals surface area contributed by atoms with Crippen molar-refractivity contribution in [3.8, 4) is 5.69 Å². The number of carbonyl (C=O) groups excluding carboxylic acids is 1. The molecule has 0 fully saturated rings. The third-order valence-electron chi connectivity index (χ3n) is 4.76. The maximum atomic E-state index is 12.7. The smallest absolute Gasteiger partial charge is 0.292 e. The van der Waals surface area contributed by atoms with Gasteiger partial charge in [0.05, 0.1) is 24.1 Å². The molecule has 1 amide bonds. The van der Waals surface area contributed by atoms with Crippen LogP contribution in [-0.4, -0.2) is 28.8 Å². The third-order valence-corrected chi connectivity index (χ3v) is 5.13. The number of fused-ring (bicyclic) bond motifs is 1. The first-order valence-electron chi connectivity index (χ1n) is 9.10. The second-order valence-electron chi connectivity index (χ2n) is 6.56. The molecule has 4 rings (SSSR count). The van der Waals surface area contributed by atoms with E-state index >= 15 is 0 Å². The molecular weight excluding hydrogens is 376 g/mol. The summed E-state index contributed by atoms with van der Waals surface area (Å²) in [4.78, 5) is 27.0. The maximum Gasteiger partial charge on any atom is 0.292 e. The lowest BCUT2D eigenvalue weighted by Crippen LogP contribution is -2.39. The maximum absolute atomic E-state index is 12.7. The zero-order chi connectivity index (χ0) is 19.5. The van der Waals surface area contributed by atoms with Gasteiger partial charge in [0.1, 0.15) is 5.02 Å². The minimum atomic E-state index is -0.436. The molecule has 1 aromatic heterocycles. The number of hydrogen-bond donors (Lipinski definition) is 1. The molecule has 0 saturated heterocycles. The molecule has 142 valence electrons. The van der Waals surface area contributed by atoms with Crippen molar-refractivity contribution in [3.63, 3.8) is 0 Å². The van der Waals surface area contributed by atoms with Crippen LogP contribution in [0.4, 0.5) is 11.4 Å². The SMILES string of the molecule is O=C(CNc1cnn(-c2ccccc2)c(=O)c1Cl)N1CCCc2ccccc21. The number of para-hydroxylation sites is 2. The lowest BCUT2D eigenvalue weighted by atomic mass is 10.0. The van der Waals surface area contributed by atoms with Crippen molar-refractivity contribution in [2.24, 2.45) is 0 Å². The van der Waals surface area contributed by atoms with E-state index in [2.05, 4.69) is 10.4 Å². The van der Waals surface area contributed by atoms with Gasteiger partial charge in [0.25, 0.3) is 5.56 Å². The second-order valence-corrected chi connectivity index (χ2v) is 6.93. The number of anilines is 2. The molecule has 0 spiro atoms. The zero-order valence-corrected chi connectivity index (χ0v) is 15.9. The van der Waals surface area contributed by atoms with E-state index in [4.69, 9.17) is 11.6 Å². The van der Waals surface area contributed by atoms with Gasteiger partial charge in [-0.05, 0) is 36.6 Å². The highest BCUT2D eigenvalue weighted by Gasteiger charge is 2.22. The fraction of sp³-hybridized carbons (Fsp3) is 0.190. The average Bonchev–Trinajstić information content (AvgIpc) is 2.75. The highest BCUT2D eigenvalue weighted by atomic mass is 35.5. The minimum absolute atomic E-state index is 0.00528. The molecule has 2 aromatic carbocycles. The predicted octanol–water partition coefficient (Wildman–Crippen LogP) is 3.28. The average molecular weight is 395 g/mol. The summed E-state index contributed by atoms with van der Waals surface area (Å²) in [5, 5.41) is 7.13. The van der Waals surface area contributed by atoms with Crippen LogP contribution in [-0.2, 0) is 11.2 Å². The second kappa shape index (κ2) is 7.86. The standard InChI is InChI=1S/C21H19ClN4O2/c22-20-17(13-24-26(21(20)28)16-9-2-1-3-10-16)23-14-19(27)25-12-6-8-15-7-4-5-11-18(15)25/h1-5,7,9-11,13,23H,6,8,12,14H2. The van der Waals surface area contributed by atoms with E-state index in [1.807, 2.05) is 42.5 Å². The fourth-order valence-electron chi connectivity index (χ4n) is 3.37. The van der Waals surface area contributed by atoms with Gasteiger partial charge in [-0.1, -0.05) is 48.0 Å². The lowest BCUT2D eigenvalue weighted by Gasteiger charge is -2.29. The summed E-state index contributed by atoms with van der Waals surface area (Å²) in [5.41, 5.74) is 2.66. The number of halogens is 1. The van der Waals surface area contributed by atoms with E-state index in [1.54, 1.807) is 17.0 Å². The summed E-state index contributed by atoms with van der Waals surface area (Å²) in [6, 6.07) is 17.0. The molecule has 7 heteroatoms. The molecule has 6 nitrogen and oxygen atoms in total. The van der Waals surface area contributed by atoms with Crippen LogP contribution in [0.5, 0.6) is 0 Å². The van der Waals surface area contributed by atoms with Crippen molar-refractivity contribution in [2.75, 3.05) is 23.3 Å². The largest absolute Gasteiger partial charge is 0.373 e. The summed E-state index contributed by atoms with van der Waals surface area (Å²) < 4.78 is 1.23. The molecular formula is C21H19ClN4O2. The number of benzene rings is 2. The van der Waals surface area contributed by atoms with Gasteiger partial charge in [0.15, 0.2) is 0 Å². The molecule has 1 aliphatic heterocycles. The van der Waals surface area contributed by atoms with Crippen molar-refractivity contribution in [1.82, 2.24) is 9.78 Å². The van der Waals surface area contributed by atoms with E-state index in [0.29, 0.717) is 17.9 Å². The van der Waals surface area contributed by atoms with E-state index in [-0.39, 0.29) is 17.5 Å². The number of nitrogens with zero attached hydrogens (tertiary/aromatic N) is 3. The van der Waals surface area contributed by atoms with Gasteiger partial charge in [-0.25, -0.2) is 0 Å². The minimum Gasteiger partial charge on any atom is -0.373 e. The molecule has 2 heterocycles. The Bertz CT molecular complexity index is 1070. The normalized spacial score (nSPS) is 13.1. The molecule has 3 aromatic rings. The third kappa shape index (κ3) is 3.51. The zero-order valence-electron chi connectivity index (χ0n) is 15.1. The van der Waals surface area contributed by atoms with Crippen LogP contribution in [0.25, 0.3) is 5.69 Å². The van der Waals surface area contributed by atoms with E-state index in [9.17, 15) is 9.59 Å². The molecule has 0 aliphatic carbocycles. The molecule has 1 N–H and O–H groups in total. The molecule has 0 bridgehead atoms. The Kier molecular flexibility index (Phi) is 5.12. The molecule has 1 aliphatic rings. The molecule has 0 radical (unpaired) electrons. The van der Waals surface area contributed by atoms with Gasteiger partial charge in [-0.15, -0.1) is 0 Å². The van der Waals surface area contributed by atoms with Crippen molar-refractivity contribution < 1.29 is 4.79 Å². The van der Waals surface area contributed by atoms with Gasteiger partial charge in [-0.3, -0.25) is 9.59 Å². The number of aryl methyl sites for hydroxylation is 1. The highest BCUT2D eigenvalue weighted by molar-refractivity contribution is 6.33. The van der Waals surface area contributed by atoms with Gasteiger partial charge in [-0.2, -0.15) is 9.78 Å². The quantitative estimate of drug-likeness (QED) is 0.737. The Morgan fingerprint density at radius 2 is 1.86 bits per heavy atom. The van der Waals surface area contributed by atoms with E-state index < -0.39 is 5.56 Å². The van der Waals surface area contributed by atoms with E-state index in [1.165, 1.54) is 16.4 Å². The number of hydrogen-bond acceptors (Lipinski definition) is 4. The Labute approximate surface area is 167 Å². The summed E-state index contributed by atoms with van der Waals surface area (Å²) in [6.45, 7) is 0.712. The van der Waals surface area contributed by atoms with Gasteiger partial charge >= 0.3 is 0 Å².